The van der Waals surface area contributed by atoms with Gasteiger partial charge in [0.1, 0.15) is 0 Å². The molecule has 49 heavy (non-hydrogen) atoms. The number of hydrogen-bond acceptors (Lipinski definition) is 12. The monoisotopic (exact) mass is 711 g/mol. The fraction of sp³-hybridized carbons (Fsp3) is 1.00. The summed E-state index contributed by atoms with van der Waals surface area (Å²) in [6.07, 6.45) is 30.8. The molecule has 0 atom stereocenters. The molecule has 0 rings (SSSR count). The molecule has 0 fully saturated rings. The van der Waals surface area contributed by atoms with Crippen molar-refractivity contribution in [2.24, 2.45) is 68.8 Å². The summed E-state index contributed by atoms with van der Waals surface area (Å²) in [4.78, 5) is 0. The summed E-state index contributed by atoms with van der Waals surface area (Å²) in [6, 6.07) is 0. The first-order valence-electron chi connectivity index (χ1n) is 20.4. The van der Waals surface area contributed by atoms with Gasteiger partial charge in [-0.25, -0.2) is 0 Å². The number of hydrogen-bond donors (Lipinski definition) is 12. The van der Waals surface area contributed by atoms with Crippen molar-refractivity contribution >= 4 is 0 Å². The van der Waals surface area contributed by atoms with Crippen LogP contribution in [-0.2, 0) is 0 Å². The molecule has 0 radical (unpaired) electrons. The van der Waals surface area contributed by atoms with Crippen LogP contribution in [0.1, 0.15) is 161 Å². The van der Waals surface area contributed by atoms with E-state index in [4.69, 9.17) is 68.8 Å². The fourth-order valence-corrected chi connectivity index (χ4v) is 4.04. The minimum absolute atomic E-state index is 0.719. The highest BCUT2D eigenvalue weighted by molar-refractivity contribution is 4.48. The molecular weight excluding hydrogens is 612 g/mol. The molecule has 0 aliphatic heterocycles. The van der Waals surface area contributed by atoms with Gasteiger partial charge < -0.3 is 68.8 Å². The van der Waals surface area contributed by atoms with Gasteiger partial charge in [-0.05, 0) is 149 Å². The Morgan fingerprint density at radius 1 is 0.102 bits per heavy atom. The van der Waals surface area contributed by atoms with Crippen molar-refractivity contribution in [3.8, 4) is 0 Å². The molecule has 24 N–H and O–H groups in total. The maximum atomic E-state index is 5.40. The van der Waals surface area contributed by atoms with E-state index >= 15 is 0 Å². The predicted molar refractivity (Wildman–Crippen MR) is 224 cm³/mol. The highest BCUT2D eigenvalue weighted by atomic mass is 14.6. The summed E-state index contributed by atoms with van der Waals surface area (Å²) < 4.78 is 0. The molecular formula is C37H98N12. The highest BCUT2D eigenvalue weighted by Gasteiger charge is 1.91. The molecule has 0 bridgehead atoms. The van der Waals surface area contributed by atoms with Gasteiger partial charge in [-0.2, -0.15) is 0 Å². The molecule has 0 unspecified atom stereocenters. The molecule has 0 heterocycles. The Morgan fingerprint density at radius 3 is 0.286 bits per heavy atom. The Labute approximate surface area is 307 Å². The van der Waals surface area contributed by atoms with E-state index in [-0.39, 0.29) is 0 Å². The lowest BCUT2D eigenvalue weighted by Crippen LogP contribution is -2.06. The molecule has 0 saturated heterocycles. The second kappa shape index (κ2) is 77.1. The molecule has 0 spiro atoms. The maximum absolute atomic E-state index is 5.40. The number of nitrogens with two attached hydrogens (primary N) is 12. The topological polar surface area (TPSA) is 312 Å². The lowest BCUT2D eigenvalue weighted by molar-refractivity contribution is 0.572. The van der Waals surface area contributed by atoms with Gasteiger partial charge in [0.25, 0.3) is 0 Å². The third-order valence-electron chi connectivity index (χ3n) is 7.20. The quantitative estimate of drug-likeness (QED) is 0.0462. The SMILES string of the molecule is NCCCCCCCCCCN.NCCCCCCCCN.NCCCCCCCN.NCCCCCN.NCCCCN.NCCCN. The molecule has 0 aromatic heterocycles. The Kier molecular flexibility index (Phi) is 95.4. The van der Waals surface area contributed by atoms with E-state index in [1.165, 1.54) is 128 Å². The van der Waals surface area contributed by atoms with Gasteiger partial charge in [-0.15, -0.1) is 0 Å². The zero-order valence-corrected chi connectivity index (χ0v) is 33.1. The predicted octanol–water partition coefficient (Wildman–Crippen LogP) is 3.18. The van der Waals surface area contributed by atoms with Crippen molar-refractivity contribution < 1.29 is 0 Å². The van der Waals surface area contributed by atoms with Crippen LogP contribution >= 0.6 is 0 Å². The van der Waals surface area contributed by atoms with Gasteiger partial charge in [-0.1, -0.05) is 89.9 Å². The van der Waals surface area contributed by atoms with Gasteiger partial charge in [-0.3, -0.25) is 0 Å². The van der Waals surface area contributed by atoms with E-state index in [1.807, 2.05) is 0 Å². The largest absolute Gasteiger partial charge is 0.330 e. The van der Waals surface area contributed by atoms with Crippen LogP contribution in [0.15, 0.2) is 0 Å². The van der Waals surface area contributed by atoms with E-state index < -0.39 is 0 Å². The van der Waals surface area contributed by atoms with Gasteiger partial charge in [0, 0.05) is 0 Å². The standard InChI is InChI=1S/C10H24N2.C8H20N2.C7H18N2.C5H14N2.C4H12N2.C3H10N2/c11-9-7-5-3-1-2-4-6-8-10-12;9-7-5-3-1-2-4-6-8-10;8-6-4-2-1-3-5-7-9;6-4-2-1-3-5-7;5-3-1-2-4-6;4-2-1-3-5/h1-12H2;1-10H2;1-9H2;1-7H2;1-6H2;1-5H2. The first-order chi connectivity index (χ1) is 24.0. The molecule has 0 saturated carbocycles. The van der Waals surface area contributed by atoms with Crippen LogP contribution in [0.5, 0.6) is 0 Å². The van der Waals surface area contributed by atoms with Gasteiger partial charge in [0.15, 0.2) is 0 Å². The van der Waals surface area contributed by atoms with E-state index in [9.17, 15) is 0 Å². The fourth-order valence-electron chi connectivity index (χ4n) is 4.04. The summed E-state index contributed by atoms with van der Waals surface area (Å²) in [5, 5.41) is 0. The van der Waals surface area contributed by atoms with Crippen molar-refractivity contribution in [1.82, 2.24) is 0 Å². The molecule has 0 aliphatic carbocycles. The molecule has 0 aromatic carbocycles. The van der Waals surface area contributed by atoms with Crippen LogP contribution in [-0.4, -0.2) is 78.5 Å². The van der Waals surface area contributed by atoms with Gasteiger partial charge in [0.2, 0.25) is 0 Å². The summed E-state index contributed by atoms with van der Waals surface area (Å²) in [7, 11) is 0. The molecule has 306 valence electrons. The summed E-state index contributed by atoms with van der Waals surface area (Å²) in [5.74, 6) is 0. The van der Waals surface area contributed by atoms with Crippen molar-refractivity contribution in [3.05, 3.63) is 0 Å². The van der Waals surface area contributed by atoms with Gasteiger partial charge >= 0.3 is 0 Å². The maximum Gasteiger partial charge on any atom is -0.00653 e. The minimum Gasteiger partial charge on any atom is -0.330 e. The van der Waals surface area contributed by atoms with Crippen LogP contribution < -0.4 is 68.8 Å². The van der Waals surface area contributed by atoms with E-state index in [1.54, 1.807) is 0 Å². The zero-order valence-electron chi connectivity index (χ0n) is 33.1. The average Bonchev–Trinajstić information content (AvgIpc) is 3.12. The van der Waals surface area contributed by atoms with Crippen LogP contribution in [0.25, 0.3) is 0 Å². The summed E-state index contributed by atoms with van der Waals surface area (Å²) in [6.45, 7) is 9.67. The van der Waals surface area contributed by atoms with Crippen molar-refractivity contribution in [3.63, 3.8) is 0 Å². The van der Waals surface area contributed by atoms with Crippen LogP contribution in [0.2, 0.25) is 0 Å². The smallest absolute Gasteiger partial charge is 0.00653 e. The summed E-state index contributed by atoms with van der Waals surface area (Å²) >= 11 is 0. The third kappa shape index (κ3) is 106. The van der Waals surface area contributed by atoms with E-state index in [0.29, 0.717) is 0 Å². The van der Waals surface area contributed by atoms with E-state index in [0.717, 1.165) is 111 Å². The minimum atomic E-state index is 0.719. The Bertz CT molecular complexity index is 391. The molecule has 12 nitrogen and oxygen atoms in total. The third-order valence-corrected chi connectivity index (χ3v) is 7.20. The zero-order chi connectivity index (χ0) is 38.2. The van der Waals surface area contributed by atoms with E-state index in [2.05, 4.69) is 0 Å². The van der Waals surface area contributed by atoms with Crippen molar-refractivity contribution in [2.45, 2.75) is 161 Å². The van der Waals surface area contributed by atoms with Crippen LogP contribution in [0.3, 0.4) is 0 Å². The highest BCUT2D eigenvalue weighted by Crippen LogP contribution is 2.07. The van der Waals surface area contributed by atoms with Gasteiger partial charge in [0.05, 0.1) is 0 Å². The van der Waals surface area contributed by atoms with Crippen LogP contribution in [0, 0.1) is 0 Å². The molecule has 12 heteroatoms. The van der Waals surface area contributed by atoms with Crippen molar-refractivity contribution in [2.75, 3.05) is 78.5 Å². The lowest BCUT2D eigenvalue weighted by Gasteiger charge is -2.00. The number of rotatable bonds is 31. The lowest BCUT2D eigenvalue weighted by atomic mass is 10.1. The number of unbranched alkanes of at least 4 members (excludes halogenated alkanes) is 19. The Balaban J connectivity index is -0.000000116. The second-order valence-corrected chi connectivity index (χ2v) is 12.3. The molecule has 0 amide bonds. The Hall–Kier alpha value is -0.480. The first-order valence-corrected chi connectivity index (χ1v) is 20.4. The Morgan fingerprint density at radius 2 is 0.184 bits per heavy atom. The normalized spacial score (nSPS) is 9.80. The average molecular weight is 711 g/mol. The first kappa shape index (κ1) is 60.6. The molecule has 0 aliphatic rings. The van der Waals surface area contributed by atoms with Crippen LogP contribution in [0.4, 0.5) is 0 Å². The van der Waals surface area contributed by atoms with Crippen molar-refractivity contribution in [1.29, 1.82) is 0 Å². The second-order valence-electron chi connectivity index (χ2n) is 12.3. The summed E-state index contributed by atoms with van der Waals surface area (Å²) in [5.41, 5.74) is 63.0. The molecule has 0 aromatic rings.